The van der Waals surface area contributed by atoms with Crippen LogP contribution in [0, 0.1) is 18.6 Å². The summed E-state index contributed by atoms with van der Waals surface area (Å²) < 4.78 is 38.6. The molecule has 1 aromatic heterocycles. The molecule has 0 unspecified atom stereocenters. The number of benzene rings is 1. The van der Waals surface area contributed by atoms with Crippen molar-refractivity contribution in [3.8, 4) is 5.75 Å². The number of guanidine groups is 1. The molecule has 11 heteroatoms. The van der Waals surface area contributed by atoms with Crippen LogP contribution in [0.25, 0.3) is 0 Å². The Bertz CT molecular complexity index is 772. The molecule has 0 spiro atoms. The average molecular weight is 510 g/mol. The molecular formula is C17H25F2IN6O2. The summed E-state index contributed by atoms with van der Waals surface area (Å²) in [7, 11) is 3.48. The van der Waals surface area contributed by atoms with Crippen molar-refractivity contribution in [1.82, 2.24) is 25.4 Å². The van der Waals surface area contributed by atoms with Crippen LogP contribution in [0.1, 0.15) is 11.6 Å². The molecule has 0 fully saturated rings. The largest absolute Gasteiger partial charge is 0.489 e. The van der Waals surface area contributed by atoms with Gasteiger partial charge in [0.05, 0.1) is 13.2 Å². The average Bonchev–Trinajstić information content (AvgIpc) is 2.96. The number of aryl methyl sites for hydroxylation is 1. The summed E-state index contributed by atoms with van der Waals surface area (Å²) in [6.45, 7) is 3.83. The Morgan fingerprint density at radius 3 is 2.50 bits per heavy atom. The van der Waals surface area contributed by atoms with Gasteiger partial charge in [-0.05, 0) is 19.1 Å². The van der Waals surface area contributed by atoms with E-state index in [1.165, 1.54) is 6.07 Å². The Hall–Kier alpha value is -2.02. The van der Waals surface area contributed by atoms with Crippen LogP contribution in [0.4, 0.5) is 8.78 Å². The van der Waals surface area contributed by atoms with Crippen LogP contribution >= 0.6 is 24.0 Å². The van der Waals surface area contributed by atoms with Gasteiger partial charge in [0.15, 0.2) is 23.4 Å². The van der Waals surface area contributed by atoms with E-state index in [9.17, 15) is 8.78 Å². The van der Waals surface area contributed by atoms with Gasteiger partial charge < -0.3 is 24.7 Å². The lowest BCUT2D eigenvalue weighted by atomic mass is 10.3. The van der Waals surface area contributed by atoms with Crippen molar-refractivity contribution in [3.05, 3.63) is 41.5 Å². The molecular weight excluding hydrogens is 485 g/mol. The lowest BCUT2D eigenvalue weighted by Gasteiger charge is -2.13. The van der Waals surface area contributed by atoms with Crippen molar-refractivity contribution >= 4 is 29.9 Å². The first-order valence-corrected chi connectivity index (χ1v) is 8.45. The molecule has 2 rings (SSSR count). The fourth-order valence-electron chi connectivity index (χ4n) is 2.11. The quantitative estimate of drug-likeness (QED) is 0.232. The highest BCUT2D eigenvalue weighted by molar-refractivity contribution is 14.0. The molecule has 28 heavy (non-hydrogen) atoms. The van der Waals surface area contributed by atoms with E-state index in [4.69, 9.17) is 9.47 Å². The maximum atomic E-state index is 13.5. The summed E-state index contributed by atoms with van der Waals surface area (Å²) in [4.78, 5) is 4.45. The van der Waals surface area contributed by atoms with E-state index in [0.29, 0.717) is 32.2 Å². The Balaban J connectivity index is 0.00000392. The fourth-order valence-corrected chi connectivity index (χ4v) is 2.11. The van der Waals surface area contributed by atoms with Crippen molar-refractivity contribution < 1.29 is 18.3 Å². The predicted molar refractivity (Wildman–Crippen MR) is 112 cm³/mol. The monoisotopic (exact) mass is 510 g/mol. The fraction of sp³-hybridized carbons (Fsp3) is 0.471. The maximum absolute atomic E-state index is 13.5. The smallest absolute Gasteiger partial charge is 0.191 e. The molecule has 0 aliphatic rings. The number of aromatic nitrogens is 3. The highest BCUT2D eigenvalue weighted by Crippen LogP contribution is 2.17. The van der Waals surface area contributed by atoms with Gasteiger partial charge in [0.1, 0.15) is 24.8 Å². The number of hydrogen-bond donors (Lipinski definition) is 2. The minimum absolute atomic E-state index is 0. The van der Waals surface area contributed by atoms with Gasteiger partial charge in [0, 0.05) is 26.8 Å². The van der Waals surface area contributed by atoms with E-state index in [-0.39, 0.29) is 36.3 Å². The van der Waals surface area contributed by atoms with Gasteiger partial charge in [0.25, 0.3) is 0 Å². The van der Waals surface area contributed by atoms with Crippen molar-refractivity contribution in [2.45, 2.75) is 13.5 Å². The SMILES string of the molecule is COCCNC(=NCc1nnc(C)n1C)NCCOc1ccc(F)cc1F.I. The number of halogens is 3. The zero-order chi connectivity index (χ0) is 19.6. The number of aliphatic imine (C=N–C) groups is 1. The second-order valence-corrected chi connectivity index (χ2v) is 5.66. The second kappa shape index (κ2) is 12.4. The number of nitrogens with zero attached hydrogens (tertiary/aromatic N) is 4. The molecule has 0 saturated carbocycles. The molecule has 0 atom stereocenters. The third-order valence-electron chi connectivity index (χ3n) is 3.71. The van der Waals surface area contributed by atoms with E-state index >= 15 is 0 Å². The van der Waals surface area contributed by atoms with Crippen LogP contribution in [-0.4, -0.2) is 54.1 Å². The molecule has 156 valence electrons. The maximum Gasteiger partial charge on any atom is 0.191 e. The van der Waals surface area contributed by atoms with Gasteiger partial charge in [-0.15, -0.1) is 34.2 Å². The van der Waals surface area contributed by atoms with Crippen LogP contribution in [0.5, 0.6) is 5.75 Å². The van der Waals surface area contributed by atoms with Gasteiger partial charge >= 0.3 is 0 Å². The lowest BCUT2D eigenvalue weighted by Crippen LogP contribution is -2.40. The summed E-state index contributed by atoms with van der Waals surface area (Å²) in [5, 5.41) is 14.3. The molecule has 8 nitrogen and oxygen atoms in total. The van der Waals surface area contributed by atoms with Gasteiger partial charge in [-0.1, -0.05) is 0 Å². The molecule has 0 aliphatic heterocycles. The zero-order valence-electron chi connectivity index (χ0n) is 16.0. The molecule has 2 N–H and O–H groups in total. The van der Waals surface area contributed by atoms with E-state index in [1.807, 2.05) is 18.5 Å². The number of nitrogens with one attached hydrogen (secondary N) is 2. The first kappa shape index (κ1) is 24.0. The molecule has 0 aliphatic carbocycles. The highest BCUT2D eigenvalue weighted by atomic mass is 127. The highest BCUT2D eigenvalue weighted by Gasteiger charge is 2.07. The first-order valence-electron chi connectivity index (χ1n) is 8.45. The Morgan fingerprint density at radius 1 is 1.18 bits per heavy atom. The second-order valence-electron chi connectivity index (χ2n) is 5.66. The predicted octanol–water partition coefficient (Wildman–Crippen LogP) is 1.78. The number of methoxy groups -OCH3 is 1. The van der Waals surface area contributed by atoms with Gasteiger partial charge in [-0.3, -0.25) is 0 Å². The molecule has 0 amide bonds. The van der Waals surface area contributed by atoms with E-state index in [0.717, 1.165) is 23.8 Å². The van der Waals surface area contributed by atoms with Gasteiger partial charge in [-0.25, -0.2) is 13.8 Å². The van der Waals surface area contributed by atoms with Crippen molar-refractivity contribution in [1.29, 1.82) is 0 Å². The van der Waals surface area contributed by atoms with Crippen LogP contribution in [0.2, 0.25) is 0 Å². The van der Waals surface area contributed by atoms with E-state index < -0.39 is 11.6 Å². The Labute approximate surface area is 179 Å². The van der Waals surface area contributed by atoms with Crippen molar-refractivity contribution in [3.63, 3.8) is 0 Å². The van der Waals surface area contributed by atoms with E-state index in [1.54, 1.807) is 7.11 Å². The van der Waals surface area contributed by atoms with Crippen LogP contribution in [-0.2, 0) is 18.3 Å². The van der Waals surface area contributed by atoms with Crippen LogP contribution < -0.4 is 15.4 Å². The molecule has 0 bridgehead atoms. The normalized spacial score (nSPS) is 11.1. The minimum atomic E-state index is -0.736. The van der Waals surface area contributed by atoms with E-state index in [2.05, 4.69) is 25.8 Å². The minimum Gasteiger partial charge on any atom is -0.489 e. The molecule has 0 radical (unpaired) electrons. The van der Waals surface area contributed by atoms with Crippen LogP contribution in [0.3, 0.4) is 0 Å². The third kappa shape index (κ3) is 7.54. The topological polar surface area (TPSA) is 85.6 Å². The summed E-state index contributed by atoms with van der Waals surface area (Å²) >= 11 is 0. The summed E-state index contributed by atoms with van der Waals surface area (Å²) in [6.07, 6.45) is 0. The zero-order valence-corrected chi connectivity index (χ0v) is 18.4. The summed E-state index contributed by atoms with van der Waals surface area (Å²) in [5.74, 6) is 0.685. The van der Waals surface area contributed by atoms with Gasteiger partial charge in [-0.2, -0.15) is 0 Å². The molecule has 0 saturated heterocycles. The molecule has 1 aromatic carbocycles. The van der Waals surface area contributed by atoms with Crippen LogP contribution in [0.15, 0.2) is 23.2 Å². The number of rotatable bonds is 9. The summed E-state index contributed by atoms with van der Waals surface area (Å²) in [6, 6.07) is 3.19. The first-order chi connectivity index (χ1) is 13.0. The molecule has 2 aromatic rings. The number of ether oxygens (including phenoxy) is 2. The standard InChI is InChI=1S/C17H24F2N6O2.HI/c1-12-23-24-16(25(12)2)11-22-17(20-6-8-26-3)21-7-9-27-15-5-4-13(18)10-14(15)19;/h4-5,10H,6-9,11H2,1-3H3,(H2,20,21,22);1H. The van der Waals surface area contributed by atoms with Crippen molar-refractivity contribution in [2.24, 2.45) is 12.0 Å². The summed E-state index contributed by atoms with van der Waals surface area (Å²) in [5.41, 5.74) is 0. The molecule has 1 heterocycles. The number of hydrogen-bond acceptors (Lipinski definition) is 5. The Morgan fingerprint density at radius 2 is 1.89 bits per heavy atom. The van der Waals surface area contributed by atoms with Crippen molar-refractivity contribution in [2.75, 3.05) is 33.4 Å². The lowest BCUT2D eigenvalue weighted by molar-refractivity contribution is 0.203. The van der Waals surface area contributed by atoms with Gasteiger partial charge in [0.2, 0.25) is 0 Å². The Kier molecular flexibility index (Phi) is 10.7. The third-order valence-corrected chi connectivity index (χ3v) is 3.71.